The Labute approximate surface area is 134 Å². The lowest BCUT2D eigenvalue weighted by atomic mass is 9.94. The monoisotopic (exact) mass is 365 g/mol. The second-order valence-corrected chi connectivity index (χ2v) is 7.44. The van der Waals surface area contributed by atoms with Crippen molar-refractivity contribution in [2.24, 2.45) is 11.3 Å². The molecule has 0 aliphatic carbocycles. The Balaban J connectivity index is 2.55. The molecule has 1 rings (SSSR count). The fourth-order valence-electron chi connectivity index (χ4n) is 1.64. The van der Waals surface area contributed by atoms with E-state index in [0.717, 1.165) is 13.1 Å². The van der Waals surface area contributed by atoms with E-state index in [1.54, 1.807) is 0 Å². The highest BCUT2D eigenvalue weighted by Crippen LogP contribution is 2.31. The van der Waals surface area contributed by atoms with Crippen LogP contribution in [0, 0.1) is 17.2 Å². The van der Waals surface area contributed by atoms with Crippen LogP contribution in [0.25, 0.3) is 0 Å². The molecule has 1 N–H and O–H groups in total. The third-order valence-electron chi connectivity index (χ3n) is 2.75. The van der Waals surface area contributed by atoms with Crippen molar-refractivity contribution < 1.29 is 9.13 Å². The number of rotatable bonds is 7. The summed E-state index contributed by atoms with van der Waals surface area (Å²) in [6.07, 6.45) is 0. The van der Waals surface area contributed by atoms with Gasteiger partial charge in [0.1, 0.15) is 11.6 Å². The number of benzene rings is 1. The Morgan fingerprint density at radius 3 is 2.65 bits per heavy atom. The van der Waals surface area contributed by atoms with E-state index in [4.69, 9.17) is 16.3 Å². The summed E-state index contributed by atoms with van der Waals surface area (Å²) in [5, 5.41) is 3.49. The zero-order chi connectivity index (χ0) is 15.3. The van der Waals surface area contributed by atoms with Gasteiger partial charge in [-0.1, -0.05) is 39.3 Å². The lowest BCUT2D eigenvalue weighted by molar-refractivity contribution is 0.174. The molecule has 0 atom stereocenters. The van der Waals surface area contributed by atoms with Gasteiger partial charge in [0.2, 0.25) is 0 Å². The molecule has 2 nitrogen and oxygen atoms in total. The standard InChI is InChI=1S/C15H22BrClFNO/c1-10(2)7-19-8-15(3,4)9-20-14-6-13(18)12(17)5-11(14)16/h5-6,10,19H,7-9H2,1-4H3. The average molecular weight is 367 g/mol. The summed E-state index contributed by atoms with van der Waals surface area (Å²) >= 11 is 9.03. The van der Waals surface area contributed by atoms with E-state index in [1.165, 1.54) is 12.1 Å². The molecule has 0 aromatic heterocycles. The minimum absolute atomic E-state index is 0.0373. The second kappa shape index (κ2) is 7.62. The van der Waals surface area contributed by atoms with Gasteiger partial charge in [-0.15, -0.1) is 0 Å². The quantitative estimate of drug-likeness (QED) is 0.694. The first-order valence-electron chi connectivity index (χ1n) is 6.69. The van der Waals surface area contributed by atoms with Gasteiger partial charge in [0.05, 0.1) is 16.1 Å². The van der Waals surface area contributed by atoms with Crippen molar-refractivity contribution in [3.63, 3.8) is 0 Å². The number of nitrogens with one attached hydrogen (secondary N) is 1. The van der Waals surface area contributed by atoms with Crippen molar-refractivity contribution in [1.29, 1.82) is 0 Å². The number of halogens is 3. The Hall–Kier alpha value is -0.320. The maximum atomic E-state index is 13.4. The highest BCUT2D eigenvalue weighted by molar-refractivity contribution is 9.10. The summed E-state index contributed by atoms with van der Waals surface area (Å²) in [6, 6.07) is 2.82. The molecule has 0 bridgehead atoms. The van der Waals surface area contributed by atoms with Gasteiger partial charge in [-0.25, -0.2) is 4.39 Å². The highest BCUT2D eigenvalue weighted by atomic mass is 79.9. The molecule has 0 spiro atoms. The molecule has 0 radical (unpaired) electrons. The van der Waals surface area contributed by atoms with E-state index in [1.807, 2.05) is 0 Å². The van der Waals surface area contributed by atoms with Gasteiger partial charge in [-0.2, -0.15) is 0 Å². The van der Waals surface area contributed by atoms with E-state index in [-0.39, 0.29) is 10.4 Å². The average Bonchev–Trinajstić information content (AvgIpc) is 2.31. The molecule has 0 saturated heterocycles. The van der Waals surface area contributed by atoms with Gasteiger partial charge in [-0.3, -0.25) is 0 Å². The van der Waals surface area contributed by atoms with Crippen molar-refractivity contribution in [3.05, 3.63) is 27.4 Å². The van der Waals surface area contributed by atoms with Crippen LogP contribution in [-0.2, 0) is 0 Å². The van der Waals surface area contributed by atoms with Gasteiger partial charge < -0.3 is 10.1 Å². The van der Waals surface area contributed by atoms with Crippen molar-refractivity contribution in [2.45, 2.75) is 27.7 Å². The zero-order valence-electron chi connectivity index (χ0n) is 12.4. The number of hydrogen-bond donors (Lipinski definition) is 1. The van der Waals surface area contributed by atoms with E-state index < -0.39 is 5.82 Å². The van der Waals surface area contributed by atoms with Gasteiger partial charge in [0, 0.05) is 18.0 Å². The van der Waals surface area contributed by atoms with Gasteiger partial charge in [0.15, 0.2) is 0 Å². The molecule has 20 heavy (non-hydrogen) atoms. The minimum atomic E-state index is -0.472. The Morgan fingerprint density at radius 2 is 2.05 bits per heavy atom. The van der Waals surface area contributed by atoms with Crippen molar-refractivity contribution in [3.8, 4) is 5.75 Å². The third-order valence-corrected chi connectivity index (χ3v) is 3.66. The molecular weight excluding hydrogens is 345 g/mol. The summed E-state index contributed by atoms with van der Waals surface area (Å²) in [5.41, 5.74) is -0.0373. The van der Waals surface area contributed by atoms with Crippen LogP contribution in [-0.4, -0.2) is 19.7 Å². The number of hydrogen-bond acceptors (Lipinski definition) is 2. The smallest absolute Gasteiger partial charge is 0.145 e. The van der Waals surface area contributed by atoms with Gasteiger partial charge in [-0.05, 0) is 34.5 Å². The lowest BCUT2D eigenvalue weighted by Gasteiger charge is -2.26. The molecular formula is C15H22BrClFNO. The largest absolute Gasteiger partial charge is 0.492 e. The molecule has 1 aromatic rings. The second-order valence-electron chi connectivity index (χ2n) is 6.17. The molecule has 0 amide bonds. The molecule has 1 aromatic carbocycles. The van der Waals surface area contributed by atoms with Crippen LogP contribution in [0.1, 0.15) is 27.7 Å². The molecule has 5 heteroatoms. The fourth-order valence-corrected chi connectivity index (χ4v) is 2.39. The molecule has 0 saturated carbocycles. The van der Waals surface area contributed by atoms with E-state index in [9.17, 15) is 4.39 Å². The van der Waals surface area contributed by atoms with E-state index in [2.05, 4.69) is 48.9 Å². The SMILES string of the molecule is CC(C)CNCC(C)(C)COc1cc(F)c(Cl)cc1Br. The topological polar surface area (TPSA) is 21.3 Å². The van der Waals surface area contributed by atoms with Crippen molar-refractivity contribution in [2.75, 3.05) is 19.7 Å². The summed E-state index contributed by atoms with van der Waals surface area (Å²) < 4.78 is 19.8. The maximum absolute atomic E-state index is 13.4. The predicted molar refractivity (Wildman–Crippen MR) is 86.1 cm³/mol. The Bertz CT molecular complexity index is 452. The molecule has 0 fully saturated rings. The van der Waals surface area contributed by atoms with Gasteiger partial charge in [0.25, 0.3) is 0 Å². The molecule has 114 valence electrons. The first-order valence-corrected chi connectivity index (χ1v) is 7.86. The van der Waals surface area contributed by atoms with Gasteiger partial charge >= 0.3 is 0 Å². The first-order chi connectivity index (χ1) is 9.21. The summed E-state index contributed by atoms with van der Waals surface area (Å²) in [4.78, 5) is 0. The van der Waals surface area contributed by atoms with E-state index in [0.29, 0.717) is 22.7 Å². The fraction of sp³-hybridized carbons (Fsp3) is 0.600. The number of ether oxygens (including phenoxy) is 1. The molecule has 0 unspecified atom stereocenters. The van der Waals surface area contributed by atoms with Crippen LogP contribution in [0.3, 0.4) is 0 Å². The summed E-state index contributed by atoms with van der Waals surface area (Å²) in [5.74, 6) is 0.621. The highest BCUT2D eigenvalue weighted by Gasteiger charge is 2.20. The summed E-state index contributed by atoms with van der Waals surface area (Å²) in [7, 11) is 0. The van der Waals surface area contributed by atoms with Crippen LogP contribution in [0.5, 0.6) is 5.75 Å². The van der Waals surface area contributed by atoms with Crippen molar-refractivity contribution in [1.82, 2.24) is 5.32 Å². The summed E-state index contributed by atoms with van der Waals surface area (Å²) in [6.45, 7) is 10.9. The van der Waals surface area contributed by atoms with Crippen LogP contribution in [0.15, 0.2) is 16.6 Å². The normalized spacial score (nSPS) is 12.0. The van der Waals surface area contributed by atoms with E-state index >= 15 is 0 Å². The van der Waals surface area contributed by atoms with Crippen LogP contribution >= 0.6 is 27.5 Å². The minimum Gasteiger partial charge on any atom is -0.492 e. The Morgan fingerprint density at radius 1 is 1.40 bits per heavy atom. The van der Waals surface area contributed by atoms with Crippen LogP contribution in [0.4, 0.5) is 4.39 Å². The zero-order valence-corrected chi connectivity index (χ0v) is 14.7. The molecule has 0 aliphatic heterocycles. The first kappa shape index (κ1) is 17.7. The predicted octanol–water partition coefficient (Wildman–Crippen LogP) is 4.89. The maximum Gasteiger partial charge on any atom is 0.145 e. The molecule has 0 heterocycles. The molecule has 0 aliphatic rings. The Kier molecular flexibility index (Phi) is 6.76. The lowest BCUT2D eigenvalue weighted by Crippen LogP contribution is -2.35. The third kappa shape index (κ3) is 5.98. The van der Waals surface area contributed by atoms with Crippen LogP contribution < -0.4 is 10.1 Å². The van der Waals surface area contributed by atoms with Crippen LogP contribution in [0.2, 0.25) is 5.02 Å². The van der Waals surface area contributed by atoms with Crippen molar-refractivity contribution >= 4 is 27.5 Å².